The third-order valence-electron chi connectivity index (χ3n) is 3.76. The van der Waals surface area contributed by atoms with E-state index in [4.69, 9.17) is 4.42 Å². The molecule has 0 atom stereocenters. The van der Waals surface area contributed by atoms with Gasteiger partial charge in [0.2, 0.25) is 5.91 Å². The van der Waals surface area contributed by atoms with Gasteiger partial charge in [-0.2, -0.15) is 0 Å². The Morgan fingerprint density at radius 1 is 1.15 bits per heavy atom. The first-order valence-electron chi connectivity index (χ1n) is 8.57. The molecule has 2 aromatic heterocycles. The van der Waals surface area contributed by atoms with Crippen LogP contribution in [-0.4, -0.2) is 21.9 Å². The Balaban J connectivity index is 1.40. The van der Waals surface area contributed by atoms with Gasteiger partial charge in [-0.25, -0.2) is 0 Å². The fourth-order valence-electron chi connectivity index (χ4n) is 2.23. The quantitative estimate of drug-likeness (QED) is 0.495. The van der Waals surface area contributed by atoms with Crippen LogP contribution in [0.1, 0.15) is 36.7 Å². The first-order chi connectivity index (χ1) is 13.1. The van der Waals surface area contributed by atoms with Crippen LogP contribution in [0, 0.1) is 0 Å². The van der Waals surface area contributed by atoms with Gasteiger partial charge >= 0.3 is 0 Å². The highest BCUT2D eigenvalue weighted by atomic mass is 32.2. The number of rotatable bonds is 9. The molecule has 2 heterocycles. The lowest BCUT2D eigenvalue weighted by atomic mass is 10.0. The minimum absolute atomic E-state index is 0.0500. The first-order valence-corrected chi connectivity index (χ1v) is 11.4. The Morgan fingerprint density at radius 3 is 2.56 bits per heavy atom. The lowest BCUT2D eigenvalue weighted by molar-refractivity contribution is -0.118. The lowest BCUT2D eigenvalue weighted by Gasteiger charge is -2.05. The molecule has 0 aliphatic heterocycles. The Hall–Kier alpha value is -1.77. The molecule has 1 amide bonds. The highest BCUT2D eigenvalue weighted by Crippen LogP contribution is 2.30. The number of nitrogens with zero attached hydrogens (tertiary/aromatic N) is 2. The van der Waals surface area contributed by atoms with Crippen molar-refractivity contribution in [3.05, 3.63) is 59.5 Å². The molecule has 1 N–H and O–H groups in total. The van der Waals surface area contributed by atoms with Crippen LogP contribution in [0.4, 0.5) is 0 Å². The molecule has 0 aliphatic carbocycles. The standard InChI is InChI=1S/C19H21N3O2S3/c1-13(2)15-7-5-14(6-8-15)11-25-18-21-22-19(27-18)26-12-17(23)20-10-16-4-3-9-24-16/h3-9,13H,10-12H2,1-2H3,(H,20,23). The van der Waals surface area contributed by atoms with E-state index in [1.165, 1.54) is 34.2 Å². The molecular formula is C19H21N3O2S3. The SMILES string of the molecule is CC(C)c1ccc(CSc2nnc(SCC(=O)NCc3ccco3)s2)cc1. The number of carbonyl (C=O) groups excluding carboxylic acids is 1. The topological polar surface area (TPSA) is 68.0 Å². The van der Waals surface area contributed by atoms with E-state index < -0.39 is 0 Å². The lowest BCUT2D eigenvalue weighted by Crippen LogP contribution is -2.24. The number of nitrogens with one attached hydrogen (secondary N) is 1. The monoisotopic (exact) mass is 419 g/mol. The normalized spacial score (nSPS) is 11.1. The molecule has 142 valence electrons. The average molecular weight is 420 g/mol. The molecule has 8 heteroatoms. The van der Waals surface area contributed by atoms with Crippen molar-refractivity contribution in [3.63, 3.8) is 0 Å². The van der Waals surface area contributed by atoms with E-state index in [0.717, 1.165) is 20.2 Å². The fourth-order valence-corrected chi connectivity index (χ4v) is 5.04. The minimum Gasteiger partial charge on any atom is -0.467 e. The molecule has 0 radical (unpaired) electrons. The molecule has 0 aliphatic rings. The molecule has 3 rings (SSSR count). The Morgan fingerprint density at radius 2 is 1.89 bits per heavy atom. The smallest absolute Gasteiger partial charge is 0.230 e. The maximum Gasteiger partial charge on any atom is 0.230 e. The number of thioether (sulfide) groups is 2. The van der Waals surface area contributed by atoms with Gasteiger partial charge in [0.05, 0.1) is 18.6 Å². The Kier molecular flexibility index (Phi) is 7.37. The van der Waals surface area contributed by atoms with Crippen LogP contribution in [0.3, 0.4) is 0 Å². The van der Waals surface area contributed by atoms with Crippen molar-refractivity contribution in [2.75, 3.05) is 5.75 Å². The second kappa shape index (κ2) is 9.96. The zero-order valence-corrected chi connectivity index (χ0v) is 17.6. The van der Waals surface area contributed by atoms with Crippen molar-refractivity contribution in [1.82, 2.24) is 15.5 Å². The number of hydrogen-bond donors (Lipinski definition) is 1. The summed E-state index contributed by atoms with van der Waals surface area (Å²) in [6.45, 7) is 4.79. The summed E-state index contributed by atoms with van der Waals surface area (Å²) < 4.78 is 6.91. The van der Waals surface area contributed by atoms with Gasteiger partial charge in [-0.3, -0.25) is 4.79 Å². The largest absolute Gasteiger partial charge is 0.467 e. The van der Waals surface area contributed by atoms with Crippen LogP contribution in [0.25, 0.3) is 0 Å². The fraction of sp³-hybridized carbons (Fsp3) is 0.316. The number of benzene rings is 1. The number of amides is 1. The molecular weight excluding hydrogens is 398 g/mol. The van der Waals surface area contributed by atoms with Crippen molar-refractivity contribution in [2.24, 2.45) is 0 Å². The van der Waals surface area contributed by atoms with Gasteiger partial charge in [0, 0.05) is 5.75 Å². The van der Waals surface area contributed by atoms with E-state index in [0.29, 0.717) is 18.2 Å². The third-order valence-corrected chi connectivity index (χ3v) is 7.02. The van der Waals surface area contributed by atoms with Crippen molar-refractivity contribution < 1.29 is 9.21 Å². The van der Waals surface area contributed by atoms with Crippen LogP contribution in [0.5, 0.6) is 0 Å². The second-order valence-electron chi connectivity index (χ2n) is 6.16. The molecule has 5 nitrogen and oxygen atoms in total. The average Bonchev–Trinajstić information content (AvgIpc) is 3.35. The summed E-state index contributed by atoms with van der Waals surface area (Å²) in [6, 6.07) is 12.3. The highest BCUT2D eigenvalue weighted by molar-refractivity contribution is 8.03. The van der Waals surface area contributed by atoms with Crippen LogP contribution in [0.15, 0.2) is 55.8 Å². The van der Waals surface area contributed by atoms with Crippen molar-refractivity contribution in [2.45, 2.75) is 40.7 Å². The van der Waals surface area contributed by atoms with Gasteiger partial charge in [-0.1, -0.05) is 73.0 Å². The summed E-state index contributed by atoms with van der Waals surface area (Å²) in [7, 11) is 0. The molecule has 0 fully saturated rings. The molecule has 27 heavy (non-hydrogen) atoms. The molecule has 0 bridgehead atoms. The molecule has 1 aromatic carbocycles. The van der Waals surface area contributed by atoms with Crippen LogP contribution < -0.4 is 5.32 Å². The predicted molar refractivity (Wildman–Crippen MR) is 111 cm³/mol. The predicted octanol–water partition coefficient (Wildman–Crippen LogP) is 4.96. The van der Waals surface area contributed by atoms with E-state index in [9.17, 15) is 4.79 Å². The highest BCUT2D eigenvalue weighted by Gasteiger charge is 2.09. The van der Waals surface area contributed by atoms with Gasteiger partial charge in [0.15, 0.2) is 8.68 Å². The van der Waals surface area contributed by atoms with Crippen molar-refractivity contribution in [3.8, 4) is 0 Å². The maximum absolute atomic E-state index is 11.9. The zero-order chi connectivity index (χ0) is 19.1. The van der Waals surface area contributed by atoms with Gasteiger partial charge in [0.25, 0.3) is 0 Å². The first kappa shape index (κ1) is 20.0. The Bertz CT molecular complexity index is 845. The van der Waals surface area contributed by atoms with E-state index >= 15 is 0 Å². The summed E-state index contributed by atoms with van der Waals surface area (Å²) in [6.07, 6.45) is 1.59. The van der Waals surface area contributed by atoms with E-state index in [1.807, 2.05) is 6.07 Å². The third kappa shape index (κ3) is 6.41. The summed E-state index contributed by atoms with van der Waals surface area (Å²) in [4.78, 5) is 11.9. The second-order valence-corrected chi connectivity index (χ2v) is 9.59. The summed E-state index contributed by atoms with van der Waals surface area (Å²) >= 11 is 4.60. The minimum atomic E-state index is -0.0500. The van der Waals surface area contributed by atoms with Crippen molar-refractivity contribution >= 4 is 40.8 Å². The number of aromatic nitrogens is 2. The van der Waals surface area contributed by atoms with Crippen molar-refractivity contribution in [1.29, 1.82) is 0 Å². The number of hydrogen-bond acceptors (Lipinski definition) is 7. The van der Waals surface area contributed by atoms with E-state index in [2.05, 4.69) is 53.6 Å². The molecule has 0 saturated heterocycles. The maximum atomic E-state index is 11.9. The van der Waals surface area contributed by atoms with Crippen LogP contribution in [0.2, 0.25) is 0 Å². The molecule has 0 unspecified atom stereocenters. The summed E-state index contributed by atoms with van der Waals surface area (Å²) in [5, 5.41) is 11.2. The summed E-state index contributed by atoms with van der Waals surface area (Å²) in [5.74, 6) is 2.42. The molecule has 0 saturated carbocycles. The number of furan rings is 1. The molecule has 0 spiro atoms. The van der Waals surface area contributed by atoms with Crippen LogP contribution >= 0.6 is 34.9 Å². The van der Waals surface area contributed by atoms with Gasteiger partial charge in [0.1, 0.15) is 5.76 Å². The van der Waals surface area contributed by atoms with Gasteiger partial charge in [-0.05, 0) is 29.2 Å². The van der Waals surface area contributed by atoms with E-state index in [-0.39, 0.29) is 5.91 Å². The van der Waals surface area contributed by atoms with Gasteiger partial charge in [-0.15, -0.1) is 10.2 Å². The van der Waals surface area contributed by atoms with Gasteiger partial charge < -0.3 is 9.73 Å². The number of carbonyl (C=O) groups is 1. The summed E-state index contributed by atoms with van der Waals surface area (Å²) in [5.41, 5.74) is 2.62. The zero-order valence-electron chi connectivity index (χ0n) is 15.2. The van der Waals surface area contributed by atoms with Crippen LogP contribution in [-0.2, 0) is 17.1 Å². The Labute approximate surface area is 171 Å². The molecule has 3 aromatic rings. The van der Waals surface area contributed by atoms with E-state index in [1.54, 1.807) is 24.1 Å².